The van der Waals surface area contributed by atoms with E-state index in [4.69, 9.17) is 0 Å². The molecular formula is C21H31NO4. The highest BCUT2D eigenvalue weighted by Gasteiger charge is 2.30. The molecule has 5 heteroatoms. The smallest absolute Gasteiger partial charge is 0.326 e. The number of aliphatic carboxylic acids is 1. The van der Waals surface area contributed by atoms with Gasteiger partial charge in [0.2, 0.25) is 5.91 Å². The van der Waals surface area contributed by atoms with Crippen molar-refractivity contribution in [1.29, 1.82) is 0 Å². The number of carboxylic acid groups (broad SMARTS) is 1. The predicted octanol–water partition coefficient (Wildman–Crippen LogP) is 3.61. The lowest BCUT2D eigenvalue weighted by Crippen LogP contribution is -2.45. The molecule has 26 heavy (non-hydrogen) atoms. The lowest BCUT2D eigenvalue weighted by Gasteiger charge is -2.23. The molecule has 1 rings (SSSR count). The Kier molecular flexibility index (Phi) is 8.49. The highest BCUT2D eigenvalue weighted by atomic mass is 16.4. The Bertz CT molecular complexity index is 604. The van der Waals surface area contributed by atoms with Crippen LogP contribution in [0.5, 0.6) is 0 Å². The highest BCUT2D eigenvalue weighted by molar-refractivity contribution is 5.91. The Hall–Kier alpha value is -2.17. The van der Waals surface area contributed by atoms with Crippen molar-refractivity contribution in [3.05, 3.63) is 35.9 Å². The monoisotopic (exact) mass is 361 g/mol. The average Bonchev–Trinajstić information content (AvgIpc) is 2.57. The number of ketones is 1. The van der Waals surface area contributed by atoms with Crippen molar-refractivity contribution < 1.29 is 19.5 Å². The van der Waals surface area contributed by atoms with Crippen LogP contribution in [-0.4, -0.2) is 28.8 Å². The molecule has 1 aromatic carbocycles. The Labute approximate surface area is 156 Å². The van der Waals surface area contributed by atoms with Crippen molar-refractivity contribution in [2.75, 3.05) is 0 Å². The molecule has 0 aromatic heterocycles. The zero-order valence-corrected chi connectivity index (χ0v) is 16.2. The van der Waals surface area contributed by atoms with E-state index in [2.05, 4.69) is 5.32 Å². The Morgan fingerprint density at radius 2 is 1.73 bits per heavy atom. The quantitative estimate of drug-likeness (QED) is 0.667. The van der Waals surface area contributed by atoms with Crippen LogP contribution in [0.1, 0.15) is 58.9 Å². The lowest BCUT2D eigenvalue weighted by atomic mass is 9.83. The van der Waals surface area contributed by atoms with Gasteiger partial charge in [0, 0.05) is 17.8 Å². The lowest BCUT2D eigenvalue weighted by molar-refractivity contribution is -0.143. The Morgan fingerprint density at radius 1 is 1.12 bits per heavy atom. The summed E-state index contributed by atoms with van der Waals surface area (Å²) >= 11 is 0. The Morgan fingerprint density at radius 3 is 2.23 bits per heavy atom. The number of rotatable bonds is 10. The number of benzene rings is 1. The van der Waals surface area contributed by atoms with Crippen LogP contribution in [0.15, 0.2) is 30.3 Å². The van der Waals surface area contributed by atoms with Gasteiger partial charge in [-0.15, -0.1) is 0 Å². The standard InChI is InChI=1S/C21H31NO4/c1-5-6-12-17(20(25)26)22-19(24)16(14-18(23)21(2,3)4)13-15-10-8-7-9-11-15/h7-11,16-17H,5-6,12-14H2,1-4H3,(H,22,24)(H,25,26)/t16?,17-/m0/s1. The highest BCUT2D eigenvalue weighted by Crippen LogP contribution is 2.22. The third kappa shape index (κ3) is 7.38. The summed E-state index contributed by atoms with van der Waals surface area (Å²) in [7, 11) is 0. The molecule has 0 aliphatic rings. The normalized spacial score (nSPS) is 13.7. The van der Waals surface area contributed by atoms with Crippen molar-refractivity contribution in [2.24, 2.45) is 11.3 Å². The van der Waals surface area contributed by atoms with Gasteiger partial charge in [-0.1, -0.05) is 70.9 Å². The molecule has 1 amide bonds. The van der Waals surface area contributed by atoms with Gasteiger partial charge >= 0.3 is 5.97 Å². The van der Waals surface area contributed by atoms with Crippen LogP contribution in [0.2, 0.25) is 0 Å². The fraction of sp³-hybridized carbons (Fsp3) is 0.571. The van der Waals surface area contributed by atoms with E-state index in [0.29, 0.717) is 12.8 Å². The van der Waals surface area contributed by atoms with E-state index in [9.17, 15) is 19.5 Å². The minimum Gasteiger partial charge on any atom is -0.480 e. The predicted molar refractivity (Wildman–Crippen MR) is 102 cm³/mol. The number of hydrogen-bond acceptors (Lipinski definition) is 3. The van der Waals surface area contributed by atoms with Gasteiger partial charge in [-0.2, -0.15) is 0 Å². The maximum absolute atomic E-state index is 12.8. The number of hydrogen-bond donors (Lipinski definition) is 2. The van der Waals surface area contributed by atoms with Gasteiger partial charge in [-0.3, -0.25) is 9.59 Å². The number of carbonyl (C=O) groups is 3. The first kappa shape index (κ1) is 21.9. The minimum atomic E-state index is -1.03. The molecule has 0 saturated carbocycles. The van der Waals surface area contributed by atoms with Crippen molar-refractivity contribution >= 4 is 17.7 Å². The van der Waals surface area contributed by atoms with E-state index in [1.54, 1.807) is 0 Å². The summed E-state index contributed by atoms with van der Waals surface area (Å²) in [6.07, 6.45) is 2.49. The summed E-state index contributed by atoms with van der Waals surface area (Å²) in [6.45, 7) is 7.46. The molecule has 5 nitrogen and oxygen atoms in total. The van der Waals surface area contributed by atoms with Gasteiger partial charge in [0.05, 0.1) is 0 Å². The first-order valence-corrected chi connectivity index (χ1v) is 9.25. The number of unbranched alkanes of at least 4 members (excludes halogenated alkanes) is 1. The van der Waals surface area contributed by atoms with Crippen LogP contribution in [0.3, 0.4) is 0 Å². The summed E-state index contributed by atoms with van der Waals surface area (Å²) in [6, 6.07) is 8.57. The SMILES string of the molecule is CCCC[C@H](NC(=O)C(CC(=O)C(C)(C)C)Cc1ccccc1)C(=O)O. The zero-order valence-electron chi connectivity index (χ0n) is 16.2. The number of carbonyl (C=O) groups excluding carboxylic acids is 2. The van der Waals surface area contributed by atoms with E-state index in [0.717, 1.165) is 18.4 Å². The van der Waals surface area contributed by atoms with Crippen molar-refractivity contribution in [1.82, 2.24) is 5.32 Å². The molecule has 0 spiro atoms. The molecule has 0 radical (unpaired) electrons. The van der Waals surface area contributed by atoms with Crippen LogP contribution in [0, 0.1) is 11.3 Å². The van der Waals surface area contributed by atoms with Gasteiger partial charge in [0.15, 0.2) is 0 Å². The molecule has 0 heterocycles. The topological polar surface area (TPSA) is 83.5 Å². The average molecular weight is 361 g/mol. The molecule has 0 aliphatic heterocycles. The third-order valence-corrected chi connectivity index (χ3v) is 4.42. The molecule has 0 saturated heterocycles. The van der Waals surface area contributed by atoms with E-state index >= 15 is 0 Å². The van der Waals surface area contributed by atoms with Crippen LogP contribution in [-0.2, 0) is 20.8 Å². The number of carboxylic acids is 1. The maximum Gasteiger partial charge on any atom is 0.326 e. The summed E-state index contributed by atoms with van der Waals surface area (Å²) in [5.41, 5.74) is 0.415. The fourth-order valence-corrected chi connectivity index (χ4v) is 2.64. The fourth-order valence-electron chi connectivity index (χ4n) is 2.64. The van der Waals surface area contributed by atoms with Crippen molar-refractivity contribution in [3.63, 3.8) is 0 Å². The van der Waals surface area contributed by atoms with Crippen LogP contribution < -0.4 is 5.32 Å². The summed E-state index contributed by atoms with van der Waals surface area (Å²) < 4.78 is 0. The summed E-state index contributed by atoms with van der Waals surface area (Å²) in [4.78, 5) is 36.6. The number of amides is 1. The Balaban J connectivity index is 2.92. The summed E-state index contributed by atoms with van der Waals surface area (Å²) in [5.74, 6) is -1.98. The second-order valence-electron chi connectivity index (χ2n) is 7.81. The molecule has 0 bridgehead atoms. The van der Waals surface area contributed by atoms with E-state index in [1.165, 1.54) is 0 Å². The van der Waals surface area contributed by atoms with Gasteiger partial charge in [0.25, 0.3) is 0 Å². The van der Waals surface area contributed by atoms with E-state index < -0.39 is 23.3 Å². The second kappa shape index (κ2) is 10.1. The molecule has 1 unspecified atom stereocenters. The van der Waals surface area contributed by atoms with Gasteiger partial charge in [-0.25, -0.2) is 4.79 Å². The molecule has 0 aliphatic carbocycles. The zero-order chi connectivity index (χ0) is 19.7. The van der Waals surface area contributed by atoms with Crippen molar-refractivity contribution in [3.8, 4) is 0 Å². The first-order chi connectivity index (χ1) is 12.1. The largest absolute Gasteiger partial charge is 0.480 e. The van der Waals surface area contributed by atoms with Crippen LogP contribution in [0.25, 0.3) is 0 Å². The molecule has 144 valence electrons. The molecule has 1 aromatic rings. The molecular weight excluding hydrogens is 330 g/mol. The first-order valence-electron chi connectivity index (χ1n) is 9.25. The third-order valence-electron chi connectivity index (χ3n) is 4.42. The van der Waals surface area contributed by atoms with Crippen LogP contribution >= 0.6 is 0 Å². The molecule has 0 fully saturated rings. The molecule has 2 N–H and O–H groups in total. The second-order valence-corrected chi connectivity index (χ2v) is 7.81. The van der Waals surface area contributed by atoms with Gasteiger partial charge < -0.3 is 10.4 Å². The number of Topliss-reactive ketones (excluding diaryl/α,β-unsaturated/α-hetero) is 1. The van der Waals surface area contributed by atoms with Gasteiger partial charge in [0.1, 0.15) is 11.8 Å². The van der Waals surface area contributed by atoms with E-state index in [-0.39, 0.29) is 18.1 Å². The number of nitrogens with one attached hydrogen (secondary N) is 1. The van der Waals surface area contributed by atoms with Crippen molar-refractivity contribution in [2.45, 2.75) is 65.8 Å². The van der Waals surface area contributed by atoms with E-state index in [1.807, 2.05) is 58.0 Å². The summed E-state index contributed by atoms with van der Waals surface area (Å²) in [5, 5.41) is 12.0. The molecule has 2 atom stereocenters. The van der Waals surface area contributed by atoms with Gasteiger partial charge in [-0.05, 0) is 18.4 Å². The van der Waals surface area contributed by atoms with Crippen LogP contribution in [0.4, 0.5) is 0 Å². The maximum atomic E-state index is 12.8. The minimum absolute atomic E-state index is 0.00554.